The van der Waals surface area contributed by atoms with Gasteiger partial charge in [0.15, 0.2) is 0 Å². The van der Waals surface area contributed by atoms with Crippen LogP contribution in [0.3, 0.4) is 0 Å². The van der Waals surface area contributed by atoms with Gasteiger partial charge in [0.05, 0.1) is 25.5 Å². The second-order valence-corrected chi connectivity index (χ2v) is 15.3. The molecule has 7 heteroatoms. The standard InChI is InChI=1S/C32H64N6O/c1-29(2,3)33-16-11-18-36-21-23-37(24-22-36)20-15-31(7,8)13-14-32(9,10)28-12-19-38(35-28)25-27-39-26-17-34-30(4,5)6/h12,19,33-34H,11,13-18,20-27H2,1-10H3. The summed E-state index contributed by atoms with van der Waals surface area (Å²) < 4.78 is 7.85. The molecule has 1 aliphatic heterocycles. The van der Waals surface area contributed by atoms with E-state index in [1.807, 2.05) is 4.68 Å². The van der Waals surface area contributed by atoms with Crippen molar-refractivity contribution in [2.45, 2.75) is 118 Å². The van der Waals surface area contributed by atoms with Crippen molar-refractivity contribution in [3.63, 3.8) is 0 Å². The highest BCUT2D eigenvalue weighted by Gasteiger charge is 2.28. The molecule has 0 amide bonds. The SMILES string of the molecule is CC(C)(CCN1CCN(CCCNC(C)(C)C)CC1)CCC(C)(C)c1ccn(CCOCCNC(C)(C)C)n1. The van der Waals surface area contributed by atoms with Gasteiger partial charge in [-0.2, -0.15) is 5.10 Å². The Balaban J connectivity index is 1.64. The molecule has 39 heavy (non-hydrogen) atoms. The molecule has 0 radical (unpaired) electrons. The molecule has 0 unspecified atom stereocenters. The zero-order valence-corrected chi connectivity index (χ0v) is 27.5. The summed E-state index contributed by atoms with van der Waals surface area (Å²) in [5, 5.41) is 12.0. The molecule has 1 fully saturated rings. The Morgan fingerprint density at radius 1 is 0.718 bits per heavy atom. The lowest BCUT2D eigenvalue weighted by atomic mass is 9.76. The minimum Gasteiger partial charge on any atom is -0.378 e. The van der Waals surface area contributed by atoms with E-state index in [0.29, 0.717) is 12.0 Å². The Kier molecular flexibility index (Phi) is 13.4. The number of nitrogens with one attached hydrogen (secondary N) is 2. The molecule has 1 saturated heterocycles. The van der Waals surface area contributed by atoms with E-state index in [9.17, 15) is 0 Å². The monoisotopic (exact) mass is 549 g/mol. The number of piperazine rings is 1. The fraction of sp³-hybridized carbons (Fsp3) is 0.906. The third kappa shape index (κ3) is 15.0. The molecule has 0 bridgehead atoms. The molecule has 1 aliphatic rings. The van der Waals surface area contributed by atoms with E-state index >= 15 is 0 Å². The molecule has 2 rings (SSSR count). The minimum atomic E-state index is 0.0769. The highest BCUT2D eigenvalue weighted by atomic mass is 16.5. The highest BCUT2D eigenvalue weighted by molar-refractivity contribution is 5.12. The summed E-state index contributed by atoms with van der Waals surface area (Å²) >= 11 is 0. The van der Waals surface area contributed by atoms with E-state index in [1.165, 1.54) is 64.2 Å². The second kappa shape index (κ2) is 15.3. The van der Waals surface area contributed by atoms with Crippen molar-refractivity contribution in [3.8, 4) is 0 Å². The van der Waals surface area contributed by atoms with Gasteiger partial charge >= 0.3 is 0 Å². The first kappa shape index (κ1) is 34.2. The van der Waals surface area contributed by atoms with Gasteiger partial charge in [-0.05, 0) is 98.3 Å². The molecular weight excluding hydrogens is 484 g/mol. The average Bonchev–Trinajstić information content (AvgIpc) is 3.31. The van der Waals surface area contributed by atoms with Crippen molar-refractivity contribution in [2.75, 3.05) is 65.6 Å². The molecule has 1 aromatic rings. The molecule has 7 nitrogen and oxygen atoms in total. The summed E-state index contributed by atoms with van der Waals surface area (Å²) in [6, 6.07) is 2.20. The van der Waals surface area contributed by atoms with Crippen molar-refractivity contribution in [1.29, 1.82) is 0 Å². The zero-order chi connectivity index (χ0) is 29.2. The quantitative estimate of drug-likeness (QED) is 0.262. The van der Waals surface area contributed by atoms with E-state index in [0.717, 1.165) is 32.7 Å². The van der Waals surface area contributed by atoms with Gasteiger partial charge in [-0.25, -0.2) is 0 Å². The van der Waals surface area contributed by atoms with Gasteiger partial charge in [0.1, 0.15) is 0 Å². The van der Waals surface area contributed by atoms with Gasteiger partial charge in [-0.3, -0.25) is 4.68 Å². The van der Waals surface area contributed by atoms with Crippen molar-refractivity contribution >= 4 is 0 Å². The van der Waals surface area contributed by atoms with Gasteiger partial charge in [-0.1, -0.05) is 27.7 Å². The number of ether oxygens (including phenoxy) is 1. The largest absolute Gasteiger partial charge is 0.378 e. The first-order valence-electron chi connectivity index (χ1n) is 15.6. The van der Waals surface area contributed by atoms with Gasteiger partial charge in [0, 0.05) is 55.4 Å². The van der Waals surface area contributed by atoms with Crippen LogP contribution in [0.4, 0.5) is 0 Å². The second-order valence-electron chi connectivity index (χ2n) is 15.3. The first-order valence-corrected chi connectivity index (χ1v) is 15.6. The van der Waals surface area contributed by atoms with E-state index in [1.54, 1.807) is 0 Å². The Labute approximate surface area is 241 Å². The lowest BCUT2D eigenvalue weighted by Gasteiger charge is -2.37. The van der Waals surface area contributed by atoms with E-state index < -0.39 is 0 Å². The van der Waals surface area contributed by atoms with Crippen molar-refractivity contribution in [3.05, 3.63) is 18.0 Å². The van der Waals surface area contributed by atoms with Crippen LogP contribution in [0.25, 0.3) is 0 Å². The van der Waals surface area contributed by atoms with Crippen LogP contribution in [0.2, 0.25) is 0 Å². The maximum Gasteiger partial charge on any atom is 0.0680 e. The molecule has 0 aliphatic carbocycles. The van der Waals surface area contributed by atoms with Crippen molar-refractivity contribution in [2.24, 2.45) is 5.41 Å². The summed E-state index contributed by atoms with van der Waals surface area (Å²) in [5.74, 6) is 0. The van der Waals surface area contributed by atoms with Crippen LogP contribution >= 0.6 is 0 Å². The Bertz CT molecular complexity index is 796. The number of nitrogens with zero attached hydrogens (tertiary/aromatic N) is 4. The maximum absolute atomic E-state index is 5.80. The summed E-state index contributed by atoms with van der Waals surface area (Å²) in [5.41, 5.74) is 1.97. The van der Waals surface area contributed by atoms with Gasteiger partial charge in [0.2, 0.25) is 0 Å². The Morgan fingerprint density at radius 3 is 1.92 bits per heavy atom. The van der Waals surface area contributed by atoms with Crippen LogP contribution < -0.4 is 10.6 Å². The van der Waals surface area contributed by atoms with E-state index in [2.05, 4.69) is 102 Å². The predicted molar refractivity (Wildman–Crippen MR) is 167 cm³/mol. The molecule has 228 valence electrons. The predicted octanol–water partition coefficient (Wildman–Crippen LogP) is 5.16. The van der Waals surface area contributed by atoms with Crippen molar-refractivity contribution < 1.29 is 4.74 Å². The number of hydrogen-bond donors (Lipinski definition) is 2. The van der Waals surface area contributed by atoms with Gasteiger partial charge < -0.3 is 25.2 Å². The fourth-order valence-electron chi connectivity index (χ4n) is 4.97. The molecular formula is C32H64N6O. The van der Waals surface area contributed by atoms with Gasteiger partial charge in [-0.15, -0.1) is 0 Å². The van der Waals surface area contributed by atoms with Gasteiger partial charge in [0.25, 0.3) is 0 Å². The Hall–Kier alpha value is -0.990. The number of rotatable bonds is 17. The lowest BCUT2D eigenvalue weighted by Crippen LogP contribution is -2.47. The molecule has 0 spiro atoms. The minimum absolute atomic E-state index is 0.0769. The summed E-state index contributed by atoms with van der Waals surface area (Å²) in [7, 11) is 0. The third-order valence-electron chi connectivity index (χ3n) is 8.00. The normalized spacial score (nSPS) is 16.8. The Morgan fingerprint density at radius 2 is 1.31 bits per heavy atom. The first-order chi connectivity index (χ1) is 18.0. The molecule has 1 aromatic heterocycles. The zero-order valence-electron chi connectivity index (χ0n) is 27.5. The molecule has 0 saturated carbocycles. The highest BCUT2D eigenvalue weighted by Crippen LogP contribution is 2.35. The van der Waals surface area contributed by atoms with E-state index in [-0.39, 0.29) is 16.5 Å². The number of aromatic nitrogens is 2. The molecule has 0 aromatic carbocycles. The van der Waals surface area contributed by atoms with E-state index in [4.69, 9.17) is 9.84 Å². The average molecular weight is 549 g/mol. The molecule has 2 heterocycles. The summed E-state index contributed by atoms with van der Waals surface area (Å²) in [6.45, 7) is 34.4. The van der Waals surface area contributed by atoms with Crippen LogP contribution in [0.5, 0.6) is 0 Å². The summed E-state index contributed by atoms with van der Waals surface area (Å²) in [4.78, 5) is 5.32. The third-order valence-corrected chi connectivity index (χ3v) is 8.00. The van der Waals surface area contributed by atoms with Crippen LogP contribution in [-0.2, 0) is 16.7 Å². The molecule has 2 N–H and O–H groups in total. The van der Waals surface area contributed by atoms with Crippen LogP contribution in [-0.4, -0.2) is 96.2 Å². The van der Waals surface area contributed by atoms with Crippen LogP contribution in [0, 0.1) is 5.41 Å². The van der Waals surface area contributed by atoms with Crippen molar-refractivity contribution in [1.82, 2.24) is 30.2 Å². The molecule has 0 atom stereocenters. The van der Waals surface area contributed by atoms with Crippen LogP contribution in [0.15, 0.2) is 12.3 Å². The fourth-order valence-corrected chi connectivity index (χ4v) is 4.97. The summed E-state index contributed by atoms with van der Waals surface area (Å²) in [6.07, 6.45) is 6.98. The maximum atomic E-state index is 5.80. The van der Waals surface area contributed by atoms with Crippen LogP contribution in [0.1, 0.15) is 101 Å². The topological polar surface area (TPSA) is 57.6 Å². The number of hydrogen-bond acceptors (Lipinski definition) is 6. The smallest absolute Gasteiger partial charge is 0.0680 e. The lowest BCUT2D eigenvalue weighted by molar-refractivity contribution is 0.114.